The largest absolute Gasteiger partial charge is 0.494 e. The van der Waals surface area contributed by atoms with Gasteiger partial charge >= 0.3 is 0 Å². The third-order valence-electron chi connectivity index (χ3n) is 2.93. The number of thiophene rings is 1. The zero-order valence-corrected chi connectivity index (χ0v) is 12.8. The van der Waals surface area contributed by atoms with E-state index >= 15 is 0 Å². The fourth-order valence-corrected chi connectivity index (χ4v) is 2.81. The Balaban J connectivity index is 1.81. The summed E-state index contributed by atoms with van der Waals surface area (Å²) in [4.78, 5) is 10.6. The lowest BCUT2D eigenvalue weighted by molar-refractivity contribution is 0.317. The summed E-state index contributed by atoms with van der Waals surface area (Å²) in [6.07, 6.45) is 2.53. The van der Waals surface area contributed by atoms with Crippen LogP contribution in [0.4, 0.5) is 0 Å². The fraction of sp³-hybridized carbons (Fsp3) is 0.250. The number of rotatable bonds is 5. The average molecular weight is 300 g/mol. The van der Waals surface area contributed by atoms with Crippen molar-refractivity contribution in [1.82, 2.24) is 9.97 Å². The first-order chi connectivity index (χ1) is 10.3. The van der Waals surface area contributed by atoms with E-state index in [4.69, 9.17) is 9.47 Å². The maximum Gasteiger partial charge on any atom is 0.231 e. The van der Waals surface area contributed by atoms with Gasteiger partial charge in [0.2, 0.25) is 5.88 Å². The molecule has 2 aromatic heterocycles. The Morgan fingerprint density at radius 3 is 2.62 bits per heavy atom. The van der Waals surface area contributed by atoms with Gasteiger partial charge in [0.05, 0.1) is 12.0 Å². The van der Waals surface area contributed by atoms with E-state index < -0.39 is 0 Å². The highest BCUT2D eigenvalue weighted by Crippen LogP contribution is 2.32. The molecule has 0 bridgehead atoms. The van der Waals surface area contributed by atoms with E-state index in [0.29, 0.717) is 5.88 Å². The summed E-state index contributed by atoms with van der Waals surface area (Å²) in [5.74, 6) is 2.18. The number of hydrogen-bond acceptors (Lipinski definition) is 5. The highest BCUT2D eigenvalue weighted by Gasteiger charge is 2.09. The lowest BCUT2D eigenvalue weighted by Crippen LogP contribution is -1.94. The molecule has 21 heavy (non-hydrogen) atoms. The monoisotopic (exact) mass is 300 g/mol. The summed E-state index contributed by atoms with van der Waals surface area (Å²) in [5.41, 5.74) is 0. The Morgan fingerprint density at radius 1 is 1.10 bits per heavy atom. The van der Waals surface area contributed by atoms with Gasteiger partial charge in [-0.1, -0.05) is 6.92 Å². The van der Waals surface area contributed by atoms with Crippen molar-refractivity contribution < 1.29 is 9.47 Å². The first kappa shape index (κ1) is 13.8. The predicted octanol–water partition coefficient (Wildman–Crippen LogP) is 4.58. The summed E-state index contributed by atoms with van der Waals surface area (Å²) < 4.78 is 11.4. The van der Waals surface area contributed by atoms with Gasteiger partial charge in [0.15, 0.2) is 0 Å². The van der Waals surface area contributed by atoms with Crippen molar-refractivity contribution >= 4 is 21.6 Å². The minimum absolute atomic E-state index is 0.589. The van der Waals surface area contributed by atoms with Gasteiger partial charge in [-0.3, -0.25) is 0 Å². The van der Waals surface area contributed by atoms with Gasteiger partial charge in [0, 0.05) is 4.88 Å². The molecule has 0 atom stereocenters. The van der Waals surface area contributed by atoms with E-state index in [9.17, 15) is 0 Å². The van der Waals surface area contributed by atoms with E-state index in [-0.39, 0.29) is 0 Å². The van der Waals surface area contributed by atoms with Gasteiger partial charge in [-0.25, -0.2) is 9.97 Å². The smallest absolute Gasteiger partial charge is 0.231 e. The molecular weight excluding hydrogens is 284 g/mol. The van der Waals surface area contributed by atoms with Crippen LogP contribution in [0.5, 0.6) is 17.4 Å². The Morgan fingerprint density at radius 2 is 1.86 bits per heavy atom. The number of benzene rings is 1. The van der Waals surface area contributed by atoms with Crippen LogP contribution in [0.25, 0.3) is 10.2 Å². The molecule has 108 valence electrons. The van der Waals surface area contributed by atoms with Crippen LogP contribution < -0.4 is 9.47 Å². The second-order valence-corrected chi connectivity index (χ2v) is 5.91. The van der Waals surface area contributed by atoms with Crippen LogP contribution in [0.2, 0.25) is 0 Å². The third-order valence-corrected chi connectivity index (χ3v) is 3.89. The van der Waals surface area contributed by atoms with Crippen LogP contribution in [0.3, 0.4) is 0 Å². The van der Waals surface area contributed by atoms with Crippen molar-refractivity contribution in [3.05, 3.63) is 41.5 Å². The molecule has 0 aliphatic rings. The Kier molecular flexibility index (Phi) is 4.01. The molecule has 0 spiro atoms. The normalized spacial score (nSPS) is 10.8. The summed E-state index contributed by atoms with van der Waals surface area (Å²) in [5, 5.41) is 0.950. The van der Waals surface area contributed by atoms with Crippen molar-refractivity contribution in [3.63, 3.8) is 0 Å². The van der Waals surface area contributed by atoms with E-state index in [1.165, 1.54) is 11.2 Å². The molecule has 2 heterocycles. The lowest BCUT2D eigenvalue weighted by Gasteiger charge is -2.07. The topological polar surface area (TPSA) is 44.2 Å². The predicted molar refractivity (Wildman–Crippen MR) is 84.5 cm³/mol. The van der Waals surface area contributed by atoms with Gasteiger partial charge < -0.3 is 9.47 Å². The van der Waals surface area contributed by atoms with Gasteiger partial charge in [-0.15, -0.1) is 11.3 Å². The zero-order chi connectivity index (χ0) is 14.7. The van der Waals surface area contributed by atoms with E-state index in [1.54, 1.807) is 11.3 Å². The van der Waals surface area contributed by atoms with Crippen LogP contribution in [0.15, 0.2) is 36.7 Å². The number of hydrogen-bond donors (Lipinski definition) is 0. The fourth-order valence-electron chi connectivity index (χ4n) is 1.97. The van der Waals surface area contributed by atoms with Gasteiger partial charge in [-0.2, -0.15) is 0 Å². The van der Waals surface area contributed by atoms with Crippen LogP contribution in [0, 0.1) is 6.92 Å². The van der Waals surface area contributed by atoms with Crippen molar-refractivity contribution in [2.24, 2.45) is 0 Å². The quantitative estimate of drug-likeness (QED) is 0.691. The van der Waals surface area contributed by atoms with Crippen molar-refractivity contribution in [2.75, 3.05) is 6.61 Å². The van der Waals surface area contributed by atoms with Gasteiger partial charge in [0.1, 0.15) is 22.7 Å². The van der Waals surface area contributed by atoms with E-state index in [0.717, 1.165) is 34.7 Å². The van der Waals surface area contributed by atoms with Crippen molar-refractivity contribution in [3.8, 4) is 17.4 Å². The highest BCUT2D eigenvalue weighted by atomic mass is 32.1. The van der Waals surface area contributed by atoms with Crippen LogP contribution in [0.1, 0.15) is 18.2 Å². The van der Waals surface area contributed by atoms with Gasteiger partial charge in [-0.05, 0) is 43.7 Å². The molecule has 0 N–H and O–H groups in total. The first-order valence-corrected chi connectivity index (χ1v) is 7.70. The maximum atomic E-state index is 5.86. The summed E-state index contributed by atoms with van der Waals surface area (Å²) in [7, 11) is 0. The number of aryl methyl sites for hydroxylation is 1. The molecule has 0 amide bonds. The SMILES string of the molecule is CCCOc1ccc(Oc2ncnc3sc(C)cc23)cc1. The number of nitrogens with zero attached hydrogens (tertiary/aromatic N) is 2. The molecule has 0 aliphatic carbocycles. The molecule has 3 rings (SSSR count). The van der Waals surface area contributed by atoms with Crippen LogP contribution in [-0.4, -0.2) is 16.6 Å². The van der Waals surface area contributed by atoms with E-state index in [1.807, 2.05) is 30.3 Å². The number of ether oxygens (including phenoxy) is 2. The Hall–Kier alpha value is -2.14. The first-order valence-electron chi connectivity index (χ1n) is 6.88. The maximum absolute atomic E-state index is 5.86. The Labute approximate surface area is 127 Å². The summed E-state index contributed by atoms with van der Waals surface area (Å²) >= 11 is 1.64. The summed E-state index contributed by atoms with van der Waals surface area (Å²) in [6.45, 7) is 4.86. The lowest BCUT2D eigenvalue weighted by atomic mass is 10.3. The number of aromatic nitrogens is 2. The molecule has 3 aromatic rings. The van der Waals surface area contributed by atoms with E-state index in [2.05, 4.69) is 23.8 Å². The molecular formula is C16H16N2O2S. The molecule has 0 aliphatic heterocycles. The molecule has 0 radical (unpaired) electrons. The zero-order valence-electron chi connectivity index (χ0n) is 12.0. The molecule has 1 aromatic carbocycles. The molecule has 5 heteroatoms. The van der Waals surface area contributed by atoms with Crippen LogP contribution in [-0.2, 0) is 0 Å². The second kappa shape index (κ2) is 6.10. The second-order valence-electron chi connectivity index (χ2n) is 4.68. The third kappa shape index (κ3) is 3.13. The average Bonchev–Trinajstić information content (AvgIpc) is 2.88. The number of fused-ring (bicyclic) bond motifs is 1. The standard InChI is InChI=1S/C16H16N2O2S/c1-3-8-19-12-4-6-13(7-5-12)20-15-14-9-11(2)21-16(14)18-10-17-15/h4-7,9-10H,3,8H2,1-2H3. The molecule has 4 nitrogen and oxygen atoms in total. The molecule has 0 unspecified atom stereocenters. The van der Waals surface area contributed by atoms with Crippen molar-refractivity contribution in [2.45, 2.75) is 20.3 Å². The van der Waals surface area contributed by atoms with Crippen LogP contribution >= 0.6 is 11.3 Å². The highest BCUT2D eigenvalue weighted by molar-refractivity contribution is 7.18. The van der Waals surface area contributed by atoms with Gasteiger partial charge in [0.25, 0.3) is 0 Å². The summed E-state index contributed by atoms with van der Waals surface area (Å²) in [6, 6.07) is 9.63. The molecule has 0 fully saturated rings. The minimum Gasteiger partial charge on any atom is -0.494 e. The molecule has 0 saturated carbocycles. The molecule has 0 saturated heterocycles. The Bertz CT molecular complexity index is 738. The minimum atomic E-state index is 0.589. The van der Waals surface area contributed by atoms with Crippen molar-refractivity contribution in [1.29, 1.82) is 0 Å².